The number of fused-ring (bicyclic) bond motifs is 1. The molecule has 3 unspecified atom stereocenters. The van der Waals surface area contributed by atoms with Crippen molar-refractivity contribution in [2.75, 3.05) is 26.2 Å². The van der Waals surface area contributed by atoms with Gasteiger partial charge in [0.25, 0.3) is 0 Å². The molecule has 0 aromatic rings. The van der Waals surface area contributed by atoms with E-state index in [1.54, 1.807) is 5.57 Å². The van der Waals surface area contributed by atoms with Crippen LogP contribution in [-0.4, -0.2) is 54.3 Å². The monoisotopic (exact) mass is 316 g/mol. The van der Waals surface area contributed by atoms with E-state index in [9.17, 15) is 5.11 Å². The van der Waals surface area contributed by atoms with Gasteiger partial charge in [-0.1, -0.05) is 11.6 Å². The molecule has 1 aliphatic carbocycles. The minimum atomic E-state index is -0.0989. The van der Waals surface area contributed by atoms with Crippen molar-refractivity contribution in [2.24, 2.45) is 17.8 Å². The largest absolute Gasteiger partial charge is 0.393 e. The first kappa shape index (κ1) is 15.4. The molecule has 2 saturated heterocycles. The SMILES string of the molecule is OC1CC=C(CN2CCC[C@H](C3CNC4=[N+]=CCCC43)C2)CC1. The lowest BCUT2D eigenvalue weighted by molar-refractivity contribution is 0.128. The van der Waals surface area contributed by atoms with Crippen molar-refractivity contribution in [3.05, 3.63) is 11.6 Å². The average Bonchev–Trinajstić information content (AvgIpc) is 3.01. The molecule has 0 radical (unpaired) electrons. The van der Waals surface area contributed by atoms with Crippen LogP contribution in [0.2, 0.25) is 0 Å². The third-order valence-corrected chi connectivity index (χ3v) is 6.28. The number of hydrogen-bond acceptors (Lipinski definition) is 3. The van der Waals surface area contributed by atoms with Gasteiger partial charge in [0, 0.05) is 25.4 Å². The van der Waals surface area contributed by atoms with Crippen LogP contribution < -0.4 is 9.98 Å². The first-order valence-corrected chi connectivity index (χ1v) is 9.51. The van der Waals surface area contributed by atoms with Crippen LogP contribution in [0.15, 0.2) is 11.6 Å². The summed E-state index contributed by atoms with van der Waals surface area (Å²) in [5, 5.41) is 13.2. The van der Waals surface area contributed by atoms with Gasteiger partial charge in [0.2, 0.25) is 0 Å². The molecule has 0 aromatic carbocycles. The first-order chi connectivity index (χ1) is 11.3. The second-order valence-corrected chi connectivity index (χ2v) is 7.85. The molecular formula is C19H30N3O+. The summed E-state index contributed by atoms with van der Waals surface area (Å²) in [4.78, 5) is 2.67. The van der Waals surface area contributed by atoms with E-state index in [1.807, 2.05) is 0 Å². The number of amidine groups is 1. The zero-order chi connectivity index (χ0) is 15.6. The number of hydrogen-bond donors (Lipinski definition) is 2. The normalized spacial score (nSPS) is 37.8. The third-order valence-electron chi connectivity index (χ3n) is 6.28. The van der Waals surface area contributed by atoms with E-state index < -0.39 is 0 Å². The molecule has 4 atom stereocenters. The summed E-state index contributed by atoms with van der Waals surface area (Å²) in [5.41, 5.74) is 1.55. The molecule has 3 aliphatic heterocycles. The second-order valence-electron chi connectivity index (χ2n) is 7.85. The summed E-state index contributed by atoms with van der Waals surface area (Å²) in [6.45, 7) is 4.75. The van der Waals surface area contributed by atoms with Gasteiger partial charge in [0.15, 0.2) is 6.21 Å². The van der Waals surface area contributed by atoms with Crippen LogP contribution in [0, 0.1) is 17.8 Å². The van der Waals surface area contributed by atoms with Crippen LogP contribution >= 0.6 is 0 Å². The minimum Gasteiger partial charge on any atom is -0.393 e. The quantitative estimate of drug-likeness (QED) is 0.610. The first-order valence-electron chi connectivity index (χ1n) is 9.51. The number of nitrogens with zero attached hydrogens (tertiary/aromatic N) is 2. The van der Waals surface area contributed by atoms with E-state index in [0.717, 1.165) is 50.6 Å². The lowest BCUT2D eigenvalue weighted by atomic mass is 9.77. The fraction of sp³-hybridized carbons (Fsp3) is 0.789. The Morgan fingerprint density at radius 1 is 1.30 bits per heavy atom. The van der Waals surface area contributed by atoms with E-state index in [1.165, 1.54) is 38.2 Å². The molecule has 4 rings (SSSR count). The molecule has 2 fully saturated rings. The molecule has 0 bridgehead atoms. The van der Waals surface area contributed by atoms with Crippen LogP contribution in [0.5, 0.6) is 0 Å². The summed E-state index contributed by atoms with van der Waals surface area (Å²) in [6, 6.07) is 0. The summed E-state index contributed by atoms with van der Waals surface area (Å²) < 4.78 is 4.59. The van der Waals surface area contributed by atoms with E-state index in [4.69, 9.17) is 0 Å². The molecule has 0 amide bonds. The van der Waals surface area contributed by atoms with Gasteiger partial charge < -0.3 is 5.11 Å². The average molecular weight is 316 g/mol. The molecule has 0 aromatic heterocycles. The van der Waals surface area contributed by atoms with Crippen molar-refractivity contribution in [3.63, 3.8) is 0 Å². The molecule has 23 heavy (non-hydrogen) atoms. The number of aliphatic hydroxyl groups is 1. The van der Waals surface area contributed by atoms with Gasteiger partial charge in [-0.05, 0) is 51.0 Å². The van der Waals surface area contributed by atoms with Crippen LogP contribution in [0.1, 0.15) is 44.9 Å². The predicted octanol–water partition coefficient (Wildman–Crippen LogP) is 1.34. The summed E-state index contributed by atoms with van der Waals surface area (Å²) in [6.07, 6.45) is 12.3. The molecule has 3 heterocycles. The van der Waals surface area contributed by atoms with Crippen molar-refractivity contribution in [2.45, 2.75) is 51.0 Å². The Balaban J connectivity index is 1.37. The number of piperidine rings is 1. The highest BCUT2D eigenvalue weighted by molar-refractivity contribution is 5.89. The smallest absolute Gasteiger partial charge is 0.345 e. The fourth-order valence-electron chi connectivity index (χ4n) is 4.99. The molecule has 0 spiro atoms. The van der Waals surface area contributed by atoms with E-state index in [2.05, 4.69) is 27.2 Å². The maximum Gasteiger partial charge on any atom is 0.345 e. The Morgan fingerprint density at radius 3 is 3.13 bits per heavy atom. The topological polar surface area (TPSA) is 49.6 Å². The standard InChI is InChI=1S/C19H29N3O/c23-16-7-5-14(6-8-16)12-22-10-2-3-15(13-22)18-11-21-19-17(18)4-1-9-20-19/h5,9,15-18,23H,1-4,6-8,10-13H2/p+1/t15-,16?,17?,18?/m0/s1. The van der Waals surface area contributed by atoms with Crippen molar-refractivity contribution in [3.8, 4) is 0 Å². The van der Waals surface area contributed by atoms with Crippen LogP contribution in [0.3, 0.4) is 0 Å². The minimum absolute atomic E-state index is 0.0989. The van der Waals surface area contributed by atoms with Crippen LogP contribution in [-0.2, 0) is 0 Å². The Kier molecular flexibility index (Phi) is 4.57. The van der Waals surface area contributed by atoms with Crippen LogP contribution in [0.4, 0.5) is 0 Å². The molecule has 2 N–H and O–H groups in total. The van der Waals surface area contributed by atoms with Gasteiger partial charge in [-0.25, -0.2) is 4.67 Å². The number of aliphatic hydroxyl groups excluding tert-OH is 1. The summed E-state index contributed by atoms with van der Waals surface area (Å²) in [5.74, 6) is 3.56. The molecule has 4 heteroatoms. The van der Waals surface area contributed by atoms with Gasteiger partial charge in [-0.15, -0.1) is 0 Å². The summed E-state index contributed by atoms with van der Waals surface area (Å²) in [7, 11) is 0. The molecular weight excluding hydrogens is 286 g/mol. The van der Waals surface area contributed by atoms with Gasteiger partial charge in [0.05, 0.1) is 18.6 Å². The van der Waals surface area contributed by atoms with Crippen LogP contribution in [0.25, 0.3) is 0 Å². The number of likely N-dealkylation sites (tertiary alicyclic amines) is 1. The maximum atomic E-state index is 9.65. The van der Waals surface area contributed by atoms with Gasteiger partial charge in [0.1, 0.15) is 0 Å². The highest BCUT2D eigenvalue weighted by Gasteiger charge is 2.45. The van der Waals surface area contributed by atoms with Crippen molar-refractivity contribution in [1.29, 1.82) is 0 Å². The molecule has 4 aliphatic rings. The molecule has 4 nitrogen and oxygen atoms in total. The fourth-order valence-corrected chi connectivity index (χ4v) is 4.99. The van der Waals surface area contributed by atoms with Crippen molar-refractivity contribution < 1.29 is 5.11 Å². The zero-order valence-corrected chi connectivity index (χ0v) is 14.1. The Hall–Kier alpha value is -1.09. The molecule has 126 valence electrons. The lowest BCUT2D eigenvalue weighted by Gasteiger charge is -2.37. The van der Waals surface area contributed by atoms with Gasteiger partial charge >= 0.3 is 5.84 Å². The van der Waals surface area contributed by atoms with Gasteiger partial charge in [-0.3, -0.25) is 10.2 Å². The number of rotatable bonds is 3. The summed E-state index contributed by atoms with van der Waals surface area (Å²) >= 11 is 0. The highest BCUT2D eigenvalue weighted by Crippen LogP contribution is 2.35. The predicted molar refractivity (Wildman–Crippen MR) is 94.5 cm³/mol. The lowest BCUT2D eigenvalue weighted by Crippen LogP contribution is -2.41. The van der Waals surface area contributed by atoms with E-state index >= 15 is 0 Å². The zero-order valence-electron chi connectivity index (χ0n) is 14.1. The second kappa shape index (κ2) is 6.80. The van der Waals surface area contributed by atoms with Gasteiger partial charge in [-0.2, -0.15) is 0 Å². The third kappa shape index (κ3) is 3.40. The Labute approximate surface area is 139 Å². The van der Waals surface area contributed by atoms with Crippen molar-refractivity contribution >= 4 is 12.1 Å². The maximum absolute atomic E-state index is 9.65. The Bertz CT molecular complexity index is 535. The van der Waals surface area contributed by atoms with E-state index in [-0.39, 0.29) is 6.10 Å². The van der Waals surface area contributed by atoms with Crippen molar-refractivity contribution in [1.82, 2.24) is 14.9 Å². The van der Waals surface area contributed by atoms with E-state index in [0.29, 0.717) is 5.92 Å². The molecule has 0 saturated carbocycles. The Morgan fingerprint density at radius 2 is 2.26 bits per heavy atom. The number of nitrogens with one attached hydrogen (secondary N) is 1. The highest BCUT2D eigenvalue weighted by atomic mass is 16.3.